The zero-order valence-corrected chi connectivity index (χ0v) is 11.2. The van der Waals surface area contributed by atoms with E-state index in [9.17, 15) is 18.3 Å². The molecule has 0 bridgehead atoms. The third kappa shape index (κ3) is 3.11. The fourth-order valence-electron chi connectivity index (χ4n) is 1.98. The number of hydrogen-bond donors (Lipinski definition) is 1. The highest BCUT2D eigenvalue weighted by molar-refractivity contribution is 6.30. The number of aliphatic hydroxyl groups is 1. The Kier molecular flexibility index (Phi) is 4.01. The Morgan fingerprint density at radius 1 is 1.25 bits per heavy atom. The molecular formula is C14H11ClF3NO. The van der Waals surface area contributed by atoms with Crippen molar-refractivity contribution in [1.82, 2.24) is 4.98 Å². The van der Waals surface area contributed by atoms with E-state index in [1.807, 2.05) is 0 Å². The van der Waals surface area contributed by atoms with Crippen molar-refractivity contribution in [2.24, 2.45) is 0 Å². The number of alkyl halides is 3. The van der Waals surface area contributed by atoms with Crippen molar-refractivity contribution in [1.29, 1.82) is 0 Å². The van der Waals surface area contributed by atoms with Gasteiger partial charge in [-0.15, -0.1) is 0 Å². The molecule has 6 heteroatoms. The van der Waals surface area contributed by atoms with E-state index in [-0.39, 0.29) is 5.56 Å². The van der Waals surface area contributed by atoms with Crippen LogP contribution in [-0.2, 0) is 6.18 Å². The van der Waals surface area contributed by atoms with Gasteiger partial charge in [-0.05, 0) is 36.2 Å². The molecule has 1 aromatic heterocycles. The van der Waals surface area contributed by atoms with Crippen LogP contribution in [0.4, 0.5) is 13.2 Å². The zero-order chi connectivity index (χ0) is 14.9. The quantitative estimate of drug-likeness (QED) is 0.904. The summed E-state index contributed by atoms with van der Waals surface area (Å²) in [5.74, 6) is 0. The number of pyridine rings is 1. The van der Waals surface area contributed by atoms with Gasteiger partial charge in [0, 0.05) is 23.0 Å². The van der Waals surface area contributed by atoms with E-state index in [1.165, 1.54) is 6.07 Å². The Morgan fingerprint density at radius 2 is 1.95 bits per heavy atom. The summed E-state index contributed by atoms with van der Waals surface area (Å²) in [5, 5.41) is 10.5. The molecule has 2 rings (SSSR count). The Morgan fingerprint density at radius 3 is 2.55 bits per heavy atom. The van der Waals surface area contributed by atoms with Crippen molar-refractivity contribution in [3.63, 3.8) is 0 Å². The molecule has 0 saturated carbocycles. The Hall–Kier alpha value is -1.59. The maximum absolute atomic E-state index is 12.9. The van der Waals surface area contributed by atoms with Crippen LogP contribution in [0.5, 0.6) is 0 Å². The number of halogens is 4. The highest BCUT2D eigenvalue weighted by atomic mass is 35.5. The monoisotopic (exact) mass is 301 g/mol. The smallest absolute Gasteiger partial charge is 0.384 e. The molecule has 0 spiro atoms. The average molecular weight is 302 g/mol. The van der Waals surface area contributed by atoms with E-state index in [4.69, 9.17) is 11.6 Å². The fraction of sp³-hybridized carbons (Fsp3) is 0.214. The largest absolute Gasteiger partial charge is 0.416 e. The lowest BCUT2D eigenvalue weighted by atomic mass is 9.97. The molecule has 0 aliphatic rings. The lowest BCUT2D eigenvalue weighted by Gasteiger charge is -2.17. The number of aryl methyl sites for hydroxylation is 1. The highest BCUT2D eigenvalue weighted by Crippen LogP contribution is 2.36. The van der Waals surface area contributed by atoms with Gasteiger partial charge in [0.15, 0.2) is 0 Å². The van der Waals surface area contributed by atoms with Gasteiger partial charge in [0.2, 0.25) is 0 Å². The van der Waals surface area contributed by atoms with E-state index in [0.717, 1.165) is 24.0 Å². The molecule has 106 valence electrons. The van der Waals surface area contributed by atoms with Gasteiger partial charge in [0.1, 0.15) is 6.10 Å². The molecule has 0 radical (unpaired) electrons. The molecule has 1 heterocycles. The topological polar surface area (TPSA) is 33.1 Å². The van der Waals surface area contributed by atoms with Crippen LogP contribution in [0.3, 0.4) is 0 Å². The highest BCUT2D eigenvalue weighted by Gasteiger charge is 2.35. The molecule has 0 aliphatic carbocycles. The predicted molar refractivity (Wildman–Crippen MR) is 69.5 cm³/mol. The summed E-state index contributed by atoms with van der Waals surface area (Å²) in [6.45, 7) is 1.75. The van der Waals surface area contributed by atoms with Crippen molar-refractivity contribution < 1.29 is 18.3 Å². The summed E-state index contributed by atoms with van der Waals surface area (Å²) in [4.78, 5) is 3.66. The SMILES string of the molecule is Cc1cc(Cl)cc(C(O)c2cnccc2C(F)(F)F)c1. The van der Waals surface area contributed by atoms with Crippen molar-refractivity contribution in [3.05, 3.63) is 63.9 Å². The lowest BCUT2D eigenvalue weighted by Crippen LogP contribution is -2.13. The first-order valence-corrected chi connectivity index (χ1v) is 6.13. The second-order valence-electron chi connectivity index (χ2n) is 4.43. The van der Waals surface area contributed by atoms with Gasteiger partial charge in [0.25, 0.3) is 0 Å². The molecule has 2 aromatic rings. The lowest BCUT2D eigenvalue weighted by molar-refractivity contribution is -0.139. The summed E-state index contributed by atoms with van der Waals surface area (Å²) in [5.41, 5.74) is -0.142. The van der Waals surface area contributed by atoms with Crippen LogP contribution >= 0.6 is 11.6 Å². The van der Waals surface area contributed by atoms with Crippen molar-refractivity contribution in [3.8, 4) is 0 Å². The second kappa shape index (κ2) is 5.42. The summed E-state index contributed by atoms with van der Waals surface area (Å²) >= 11 is 5.86. The van der Waals surface area contributed by atoms with Crippen molar-refractivity contribution in [2.45, 2.75) is 19.2 Å². The number of hydrogen-bond acceptors (Lipinski definition) is 2. The van der Waals surface area contributed by atoms with Gasteiger partial charge < -0.3 is 5.11 Å². The molecule has 1 atom stereocenters. The molecule has 0 amide bonds. The molecule has 1 N–H and O–H groups in total. The normalized spacial score (nSPS) is 13.3. The number of aromatic nitrogens is 1. The van der Waals surface area contributed by atoms with Crippen LogP contribution in [0, 0.1) is 6.92 Å². The third-order valence-corrected chi connectivity index (χ3v) is 3.05. The molecule has 20 heavy (non-hydrogen) atoms. The third-order valence-electron chi connectivity index (χ3n) is 2.83. The number of rotatable bonds is 2. The maximum atomic E-state index is 12.9. The second-order valence-corrected chi connectivity index (χ2v) is 4.86. The first-order chi connectivity index (χ1) is 9.29. The summed E-state index contributed by atoms with van der Waals surface area (Å²) in [7, 11) is 0. The van der Waals surface area contributed by atoms with Gasteiger partial charge >= 0.3 is 6.18 Å². The standard InChI is InChI=1S/C14H11ClF3NO/c1-8-4-9(6-10(15)5-8)13(20)11-7-19-3-2-12(11)14(16,17)18/h2-7,13,20H,1H3. The minimum absolute atomic E-state index is 0.290. The van der Waals surface area contributed by atoms with Crippen LogP contribution in [-0.4, -0.2) is 10.1 Å². The Labute approximate surface area is 118 Å². The van der Waals surface area contributed by atoms with Gasteiger partial charge in [-0.2, -0.15) is 13.2 Å². The van der Waals surface area contributed by atoms with E-state index >= 15 is 0 Å². The molecule has 0 aliphatic heterocycles. The average Bonchev–Trinajstić information content (AvgIpc) is 2.35. The van der Waals surface area contributed by atoms with E-state index in [1.54, 1.807) is 19.1 Å². The summed E-state index contributed by atoms with van der Waals surface area (Å²) in [6, 6.07) is 5.53. The maximum Gasteiger partial charge on any atom is 0.416 e. The van der Waals surface area contributed by atoms with Gasteiger partial charge in [-0.1, -0.05) is 17.7 Å². The molecular weight excluding hydrogens is 291 g/mol. The molecule has 2 nitrogen and oxygen atoms in total. The molecule has 1 unspecified atom stereocenters. The van der Waals surface area contributed by atoms with Gasteiger partial charge in [-0.3, -0.25) is 4.98 Å². The summed E-state index contributed by atoms with van der Waals surface area (Å²) in [6.07, 6.45) is -3.92. The van der Waals surface area contributed by atoms with E-state index < -0.39 is 17.8 Å². The number of benzene rings is 1. The minimum atomic E-state index is -4.55. The van der Waals surface area contributed by atoms with Crippen LogP contribution in [0.25, 0.3) is 0 Å². The first kappa shape index (κ1) is 14.8. The predicted octanol–water partition coefficient (Wildman–Crippen LogP) is 4.14. The van der Waals surface area contributed by atoms with Crippen LogP contribution < -0.4 is 0 Å². The van der Waals surface area contributed by atoms with Crippen LogP contribution in [0.1, 0.15) is 28.4 Å². The molecule has 1 aromatic carbocycles. The van der Waals surface area contributed by atoms with Crippen LogP contribution in [0.2, 0.25) is 5.02 Å². The summed E-state index contributed by atoms with van der Waals surface area (Å²) < 4.78 is 38.8. The molecule has 0 fully saturated rings. The molecule has 0 saturated heterocycles. The fourth-order valence-corrected chi connectivity index (χ4v) is 2.28. The Bertz CT molecular complexity index is 608. The zero-order valence-electron chi connectivity index (χ0n) is 10.4. The number of nitrogens with zero attached hydrogens (tertiary/aromatic N) is 1. The van der Waals surface area contributed by atoms with Gasteiger partial charge in [0.05, 0.1) is 5.56 Å². The van der Waals surface area contributed by atoms with Crippen molar-refractivity contribution in [2.75, 3.05) is 0 Å². The van der Waals surface area contributed by atoms with Crippen molar-refractivity contribution >= 4 is 11.6 Å². The van der Waals surface area contributed by atoms with Gasteiger partial charge in [-0.25, -0.2) is 0 Å². The minimum Gasteiger partial charge on any atom is -0.384 e. The number of aliphatic hydroxyl groups excluding tert-OH is 1. The Balaban J connectivity index is 2.51. The van der Waals surface area contributed by atoms with Crippen LogP contribution in [0.15, 0.2) is 36.7 Å². The van der Waals surface area contributed by atoms with E-state index in [2.05, 4.69) is 4.98 Å². The van der Waals surface area contributed by atoms with E-state index in [0.29, 0.717) is 10.6 Å². The first-order valence-electron chi connectivity index (χ1n) is 5.75.